The zero-order chi connectivity index (χ0) is 13.2. The van der Waals surface area contributed by atoms with Crippen molar-refractivity contribution in [3.63, 3.8) is 0 Å². The van der Waals surface area contributed by atoms with Gasteiger partial charge in [0.15, 0.2) is 8.11 Å². The SMILES string of the molecule is C=CC[Si](Cl)Cc1cccc2c1Cc1ccccc1-2. The molecule has 0 N–H and O–H groups in total. The largest absolute Gasteiger partial charge is 0.173 e. The molecule has 0 spiro atoms. The lowest BCUT2D eigenvalue weighted by Crippen LogP contribution is -2.09. The second-order valence-electron chi connectivity index (χ2n) is 4.96. The Morgan fingerprint density at radius 2 is 1.89 bits per heavy atom. The van der Waals surface area contributed by atoms with E-state index in [1.807, 2.05) is 6.08 Å². The van der Waals surface area contributed by atoms with Crippen LogP contribution in [0.3, 0.4) is 0 Å². The molecule has 0 aromatic heterocycles. The molecule has 0 aliphatic heterocycles. The Kier molecular flexibility index (Phi) is 3.58. The number of fused-ring (bicyclic) bond motifs is 3. The van der Waals surface area contributed by atoms with Gasteiger partial charge in [-0.3, -0.25) is 0 Å². The van der Waals surface area contributed by atoms with Crippen molar-refractivity contribution in [2.45, 2.75) is 18.5 Å². The fourth-order valence-corrected chi connectivity index (χ4v) is 4.79. The van der Waals surface area contributed by atoms with Crippen molar-refractivity contribution in [1.82, 2.24) is 0 Å². The number of hydrogen-bond donors (Lipinski definition) is 0. The van der Waals surface area contributed by atoms with Gasteiger partial charge in [-0.05, 0) is 46.3 Å². The molecule has 0 amide bonds. The predicted octanol–water partition coefficient (Wildman–Crippen LogP) is 4.76. The minimum atomic E-state index is -0.846. The van der Waals surface area contributed by atoms with Crippen molar-refractivity contribution in [3.8, 4) is 11.1 Å². The Morgan fingerprint density at radius 3 is 2.74 bits per heavy atom. The van der Waals surface area contributed by atoms with Crippen LogP contribution < -0.4 is 0 Å². The van der Waals surface area contributed by atoms with Crippen LogP contribution in [0.1, 0.15) is 16.7 Å². The van der Waals surface area contributed by atoms with Crippen LogP contribution in [0.25, 0.3) is 11.1 Å². The molecule has 0 bridgehead atoms. The van der Waals surface area contributed by atoms with Crippen LogP contribution in [0.5, 0.6) is 0 Å². The third-order valence-electron chi connectivity index (χ3n) is 3.70. The fourth-order valence-electron chi connectivity index (χ4n) is 2.82. The van der Waals surface area contributed by atoms with E-state index >= 15 is 0 Å². The lowest BCUT2D eigenvalue weighted by Gasteiger charge is -2.10. The summed E-state index contributed by atoms with van der Waals surface area (Å²) in [5, 5.41) is 0. The molecule has 1 aliphatic rings. The highest BCUT2D eigenvalue weighted by molar-refractivity contribution is 7.06. The predicted molar refractivity (Wildman–Crippen MR) is 85.0 cm³/mol. The maximum absolute atomic E-state index is 6.46. The Hall–Kier alpha value is -1.31. The molecule has 2 aromatic carbocycles. The summed E-state index contributed by atoms with van der Waals surface area (Å²) in [6.45, 7) is 3.79. The van der Waals surface area contributed by atoms with Gasteiger partial charge in [-0.2, -0.15) is 11.1 Å². The molecular weight excluding hydrogens is 268 g/mol. The molecule has 0 unspecified atom stereocenters. The van der Waals surface area contributed by atoms with Crippen molar-refractivity contribution in [1.29, 1.82) is 0 Å². The quantitative estimate of drug-likeness (QED) is 0.368. The molecule has 0 heterocycles. The van der Waals surface area contributed by atoms with E-state index in [-0.39, 0.29) is 0 Å². The summed E-state index contributed by atoms with van der Waals surface area (Å²) in [5.41, 5.74) is 7.15. The molecule has 0 fully saturated rings. The minimum Gasteiger partial charge on any atom is -0.168 e. The number of benzene rings is 2. The molecule has 0 atom stereocenters. The second-order valence-corrected chi connectivity index (χ2v) is 8.36. The van der Waals surface area contributed by atoms with Crippen LogP contribution in [0.2, 0.25) is 6.04 Å². The standard InChI is InChI=1S/C17H16ClSi/c1-2-10-19(18)12-14-7-5-9-16-15-8-4-3-6-13(15)11-17(14)16/h2-9H,1,10-12H2. The molecule has 19 heavy (non-hydrogen) atoms. The van der Waals surface area contributed by atoms with Crippen LogP contribution in [-0.2, 0) is 12.5 Å². The van der Waals surface area contributed by atoms with Crippen molar-refractivity contribution < 1.29 is 0 Å². The fraction of sp³-hybridized carbons (Fsp3) is 0.176. The van der Waals surface area contributed by atoms with Gasteiger partial charge in [0, 0.05) is 0 Å². The van der Waals surface area contributed by atoms with Crippen molar-refractivity contribution in [3.05, 3.63) is 71.8 Å². The Labute approximate surface area is 121 Å². The van der Waals surface area contributed by atoms with Crippen LogP contribution >= 0.6 is 11.1 Å². The first-order chi connectivity index (χ1) is 9.29. The number of allylic oxidation sites excluding steroid dienone is 1. The number of hydrogen-bond acceptors (Lipinski definition) is 0. The summed E-state index contributed by atoms with van der Waals surface area (Å²) in [7, 11) is -0.846. The highest BCUT2D eigenvalue weighted by atomic mass is 35.6. The third kappa shape index (κ3) is 2.40. The Morgan fingerprint density at radius 1 is 1.11 bits per heavy atom. The average Bonchev–Trinajstić information content (AvgIpc) is 2.79. The lowest BCUT2D eigenvalue weighted by atomic mass is 10.0. The summed E-state index contributed by atoms with van der Waals surface area (Å²) >= 11 is 6.46. The highest BCUT2D eigenvalue weighted by Gasteiger charge is 2.21. The van der Waals surface area contributed by atoms with E-state index in [1.54, 1.807) is 0 Å². The van der Waals surface area contributed by atoms with E-state index < -0.39 is 8.11 Å². The first-order valence-corrected chi connectivity index (χ1v) is 9.52. The van der Waals surface area contributed by atoms with Crippen LogP contribution in [0.4, 0.5) is 0 Å². The van der Waals surface area contributed by atoms with Gasteiger partial charge in [0.25, 0.3) is 0 Å². The summed E-state index contributed by atoms with van der Waals surface area (Å²) in [4.78, 5) is 0. The molecule has 0 saturated carbocycles. The van der Waals surface area contributed by atoms with Gasteiger partial charge in [-0.1, -0.05) is 48.5 Å². The normalized spacial score (nSPS) is 12.3. The smallest absolute Gasteiger partial charge is 0.168 e. The molecule has 1 radical (unpaired) electrons. The van der Waals surface area contributed by atoms with E-state index in [0.29, 0.717) is 0 Å². The summed E-state index contributed by atoms with van der Waals surface area (Å²) in [6.07, 6.45) is 3.00. The van der Waals surface area contributed by atoms with Crippen molar-refractivity contribution >= 4 is 19.2 Å². The van der Waals surface area contributed by atoms with Gasteiger partial charge in [-0.25, -0.2) is 0 Å². The van der Waals surface area contributed by atoms with E-state index in [0.717, 1.165) is 18.5 Å². The van der Waals surface area contributed by atoms with E-state index in [2.05, 4.69) is 49.0 Å². The summed E-state index contributed by atoms with van der Waals surface area (Å²) < 4.78 is 0. The second kappa shape index (κ2) is 5.36. The van der Waals surface area contributed by atoms with Gasteiger partial charge in [0.1, 0.15) is 0 Å². The third-order valence-corrected chi connectivity index (χ3v) is 6.06. The molecule has 2 heteroatoms. The lowest BCUT2D eigenvalue weighted by molar-refractivity contribution is 1.19. The summed E-state index contributed by atoms with van der Waals surface area (Å²) in [6, 6.07) is 17.3. The van der Waals surface area contributed by atoms with Crippen LogP contribution in [-0.4, -0.2) is 8.11 Å². The molecule has 95 valence electrons. The first-order valence-electron chi connectivity index (χ1n) is 6.59. The maximum atomic E-state index is 6.46. The van der Waals surface area contributed by atoms with Gasteiger partial charge < -0.3 is 0 Å². The van der Waals surface area contributed by atoms with Crippen LogP contribution in [0, 0.1) is 0 Å². The van der Waals surface area contributed by atoms with E-state index in [9.17, 15) is 0 Å². The molecule has 0 nitrogen and oxygen atoms in total. The zero-order valence-corrected chi connectivity index (χ0v) is 12.6. The van der Waals surface area contributed by atoms with Crippen molar-refractivity contribution in [2.24, 2.45) is 0 Å². The molecule has 0 saturated heterocycles. The van der Waals surface area contributed by atoms with E-state index in [1.165, 1.54) is 27.8 Å². The average molecular weight is 284 g/mol. The number of halogens is 1. The molecule has 1 aliphatic carbocycles. The summed E-state index contributed by atoms with van der Waals surface area (Å²) in [5.74, 6) is 0. The molecule has 2 aromatic rings. The minimum absolute atomic E-state index is 0.846. The van der Waals surface area contributed by atoms with Gasteiger partial charge >= 0.3 is 0 Å². The zero-order valence-electron chi connectivity index (χ0n) is 10.8. The monoisotopic (exact) mass is 283 g/mol. The Balaban J connectivity index is 1.96. The maximum Gasteiger partial charge on any atom is 0.173 e. The Bertz CT molecular complexity index is 618. The topological polar surface area (TPSA) is 0 Å². The van der Waals surface area contributed by atoms with E-state index in [4.69, 9.17) is 11.1 Å². The van der Waals surface area contributed by atoms with Gasteiger partial charge in [-0.15, -0.1) is 6.58 Å². The highest BCUT2D eigenvalue weighted by Crippen LogP contribution is 2.38. The molecule has 3 rings (SSSR count). The van der Waals surface area contributed by atoms with Gasteiger partial charge in [0.2, 0.25) is 0 Å². The molecular formula is C17H16ClSi. The van der Waals surface area contributed by atoms with Crippen LogP contribution in [0.15, 0.2) is 55.1 Å². The number of rotatable bonds is 4. The van der Waals surface area contributed by atoms with Crippen molar-refractivity contribution in [2.75, 3.05) is 0 Å². The van der Waals surface area contributed by atoms with Gasteiger partial charge in [0.05, 0.1) is 0 Å². The first kappa shape index (κ1) is 12.7.